The summed E-state index contributed by atoms with van der Waals surface area (Å²) in [6, 6.07) is 0. The lowest BCUT2D eigenvalue weighted by Crippen LogP contribution is -2.20. The highest BCUT2D eigenvalue weighted by Crippen LogP contribution is 2.33. The van der Waals surface area contributed by atoms with Crippen molar-refractivity contribution < 1.29 is 0 Å². The van der Waals surface area contributed by atoms with E-state index in [0.717, 1.165) is 62.1 Å². The molecule has 0 saturated carbocycles. The van der Waals surface area contributed by atoms with Crippen molar-refractivity contribution in [1.82, 2.24) is 19.7 Å². The molecule has 5 heteroatoms. The summed E-state index contributed by atoms with van der Waals surface area (Å²) < 4.78 is 2.00. The average molecular weight is 324 g/mol. The molecule has 0 fully saturated rings. The zero-order valence-corrected chi connectivity index (χ0v) is 14.4. The molecule has 126 valence electrons. The minimum Gasteiger partial charge on any atom is -0.309 e. The molecule has 2 aliphatic rings. The molecular weight excluding hydrogens is 300 g/mol. The van der Waals surface area contributed by atoms with Gasteiger partial charge in [0.2, 0.25) is 0 Å². The molecule has 0 aromatic carbocycles. The molecule has 0 unspecified atom stereocenters. The van der Waals surface area contributed by atoms with Crippen LogP contribution in [-0.4, -0.2) is 40.3 Å². The summed E-state index contributed by atoms with van der Waals surface area (Å²) in [5.41, 5.74) is 5.39. The Hall–Kier alpha value is -2.14. The Labute approximate surface area is 141 Å². The van der Waals surface area contributed by atoms with Gasteiger partial charge >= 0.3 is 0 Å². The molecule has 0 spiro atoms. The van der Waals surface area contributed by atoms with E-state index in [9.17, 15) is 4.79 Å². The molecule has 0 amide bonds. The van der Waals surface area contributed by atoms with Crippen molar-refractivity contribution in [3.8, 4) is 0 Å². The molecule has 0 radical (unpaired) electrons. The van der Waals surface area contributed by atoms with E-state index in [1.165, 1.54) is 16.5 Å². The summed E-state index contributed by atoms with van der Waals surface area (Å²) >= 11 is 0. The Morgan fingerprint density at radius 3 is 2.67 bits per heavy atom. The van der Waals surface area contributed by atoms with Crippen LogP contribution in [0.2, 0.25) is 0 Å². The van der Waals surface area contributed by atoms with Gasteiger partial charge in [-0.05, 0) is 58.3 Å². The van der Waals surface area contributed by atoms with Crippen LogP contribution >= 0.6 is 0 Å². The van der Waals surface area contributed by atoms with Crippen LogP contribution in [0.25, 0.3) is 16.6 Å². The van der Waals surface area contributed by atoms with Crippen molar-refractivity contribution in [1.29, 1.82) is 0 Å². The molecule has 0 bridgehead atoms. The lowest BCUT2D eigenvalue weighted by molar-refractivity contribution is 0.382. The maximum absolute atomic E-state index is 12.5. The quantitative estimate of drug-likeness (QED) is 0.919. The third kappa shape index (κ3) is 2.53. The fraction of sp³-hybridized carbons (Fsp3) is 0.474. The highest BCUT2D eigenvalue weighted by atomic mass is 16.1. The summed E-state index contributed by atoms with van der Waals surface area (Å²) in [5, 5.41) is 6.04. The number of fused-ring (bicyclic) bond motifs is 3. The minimum atomic E-state index is 0.0793. The molecule has 24 heavy (non-hydrogen) atoms. The number of hydrogen-bond acceptors (Lipinski definition) is 3. The van der Waals surface area contributed by atoms with Crippen molar-refractivity contribution in [2.45, 2.75) is 38.6 Å². The maximum Gasteiger partial charge on any atom is 0.253 e. The smallest absolute Gasteiger partial charge is 0.253 e. The average Bonchev–Trinajstić information content (AvgIpc) is 2.84. The van der Waals surface area contributed by atoms with E-state index in [1.54, 1.807) is 0 Å². The number of nitrogens with one attached hydrogen (secondary N) is 1. The Morgan fingerprint density at radius 2 is 2.00 bits per heavy atom. The lowest BCUT2D eigenvalue weighted by atomic mass is 9.89. The Morgan fingerprint density at radius 1 is 1.25 bits per heavy atom. The Balaban J connectivity index is 1.85. The molecule has 0 saturated heterocycles. The van der Waals surface area contributed by atoms with Gasteiger partial charge in [-0.25, -0.2) is 4.68 Å². The van der Waals surface area contributed by atoms with Gasteiger partial charge in [-0.3, -0.25) is 4.79 Å². The molecule has 2 aromatic rings. The van der Waals surface area contributed by atoms with Gasteiger partial charge in [-0.2, -0.15) is 5.10 Å². The first-order valence-corrected chi connectivity index (χ1v) is 8.83. The summed E-state index contributed by atoms with van der Waals surface area (Å²) in [7, 11) is 4.16. The van der Waals surface area contributed by atoms with Crippen LogP contribution in [0.15, 0.2) is 23.0 Å². The summed E-state index contributed by atoms with van der Waals surface area (Å²) in [6.07, 6.45) is 11.4. The number of pyridine rings is 1. The second-order valence-electron chi connectivity index (χ2n) is 7.05. The van der Waals surface area contributed by atoms with Crippen molar-refractivity contribution in [2.75, 3.05) is 20.6 Å². The molecule has 4 rings (SSSR count). The Kier molecular flexibility index (Phi) is 3.88. The standard InChI is InChI=1S/C19H24N4O/c1-22(2)11-6-12-23-18-16(17(21-23)13-7-5-8-13)14-9-3-4-10-15(14)19(24)20-18/h5,7-8H,3-4,6,9-12H2,1-2H3,(H,20,24). The van der Waals surface area contributed by atoms with E-state index >= 15 is 0 Å². The topological polar surface area (TPSA) is 53.9 Å². The van der Waals surface area contributed by atoms with Gasteiger partial charge in [0.05, 0.1) is 0 Å². The minimum absolute atomic E-state index is 0.0793. The molecule has 2 heterocycles. The molecular formula is C19H24N4O. The zero-order valence-electron chi connectivity index (χ0n) is 14.4. The number of H-pyrrole nitrogens is 1. The highest BCUT2D eigenvalue weighted by Gasteiger charge is 2.24. The van der Waals surface area contributed by atoms with Crippen molar-refractivity contribution in [3.05, 3.63) is 45.4 Å². The van der Waals surface area contributed by atoms with Crippen LogP contribution in [0.3, 0.4) is 0 Å². The normalized spacial score (nSPS) is 16.4. The predicted octanol–water partition coefficient (Wildman–Crippen LogP) is 2.51. The number of hydrogen-bond donors (Lipinski definition) is 1. The van der Waals surface area contributed by atoms with Gasteiger partial charge in [0.25, 0.3) is 5.56 Å². The number of rotatable bonds is 5. The van der Waals surface area contributed by atoms with Gasteiger partial charge < -0.3 is 9.88 Å². The van der Waals surface area contributed by atoms with Crippen molar-refractivity contribution in [3.63, 3.8) is 0 Å². The van der Waals surface area contributed by atoms with Crippen LogP contribution in [0, 0.1) is 0 Å². The number of nitrogens with zero attached hydrogens (tertiary/aromatic N) is 3. The molecule has 0 aliphatic heterocycles. The third-order valence-corrected chi connectivity index (χ3v) is 5.03. The highest BCUT2D eigenvalue weighted by molar-refractivity contribution is 5.96. The molecule has 2 aliphatic carbocycles. The third-order valence-electron chi connectivity index (χ3n) is 5.03. The van der Waals surface area contributed by atoms with E-state index in [4.69, 9.17) is 5.10 Å². The van der Waals surface area contributed by atoms with Crippen molar-refractivity contribution in [2.24, 2.45) is 0 Å². The summed E-state index contributed by atoms with van der Waals surface area (Å²) in [6.45, 7) is 1.83. The van der Waals surface area contributed by atoms with Gasteiger partial charge in [0.1, 0.15) is 11.3 Å². The largest absolute Gasteiger partial charge is 0.309 e. The molecule has 1 N–H and O–H groups in total. The summed E-state index contributed by atoms with van der Waals surface area (Å²) in [5.74, 6) is 0. The molecule has 5 nitrogen and oxygen atoms in total. The fourth-order valence-electron chi connectivity index (χ4n) is 3.74. The maximum atomic E-state index is 12.5. The van der Waals surface area contributed by atoms with Gasteiger partial charge in [-0.15, -0.1) is 0 Å². The van der Waals surface area contributed by atoms with E-state index < -0.39 is 0 Å². The molecule has 0 atom stereocenters. The van der Waals surface area contributed by atoms with Crippen LogP contribution in [0.5, 0.6) is 0 Å². The zero-order chi connectivity index (χ0) is 16.7. The van der Waals surface area contributed by atoms with Gasteiger partial charge in [-0.1, -0.05) is 18.2 Å². The second-order valence-corrected chi connectivity index (χ2v) is 7.05. The SMILES string of the molecule is CN(C)CCCn1nc(C2=CC=C2)c2c3c(c(=O)[nH]c21)CCCC3. The van der Waals surface area contributed by atoms with Crippen molar-refractivity contribution >= 4 is 16.6 Å². The monoisotopic (exact) mass is 324 g/mol. The first-order chi connectivity index (χ1) is 11.6. The first-order valence-electron chi connectivity index (χ1n) is 8.83. The number of allylic oxidation sites excluding steroid dienone is 4. The van der Waals surface area contributed by atoms with E-state index in [-0.39, 0.29) is 5.56 Å². The Bertz CT molecular complexity index is 898. The number of aryl methyl sites for hydroxylation is 2. The fourth-order valence-corrected chi connectivity index (χ4v) is 3.74. The van der Waals surface area contributed by atoms with E-state index in [2.05, 4.69) is 36.1 Å². The van der Waals surface area contributed by atoms with E-state index in [1.807, 2.05) is 10.8 Å². The van der Waals surface area contributed by atoms with Crippen LogP contribution < -0.4 is 5.56 Å². The van der Waals surface area contributed by atoms with Crippen LogP contribution in [-0.2, 0) is 19.4 Å². The number of aromatic amines is 1. The summed E-state index contributed by atoms with van der Waals surface area (Å²) in [4.78, 5) is 17.8. The van der Waals surface area contributed by atoms with Gasteiger partial charge in [0.15, 0.2) is 0 Å². The molecule has 2 aromatic heterocycles. The van der Waals surface area contributed by atoms with Crippen LogP contribution in [0.4, 0.5) is 0 Å². The lowest BCUT2D eigenvalue weighted by Gasteiger charge is -2.16. The van der Waals surface area contributed by atoms with Gasteiger partial charge in [0, 0.05) is 23.1 Å². The number of aromatic nitrogens is 3. The predicted molar refractivity (Wildman–Crippen MR) is 97.3 cm³/mol. The first kappa shape index (κ1) is 15.4. The van der Waals surface area contributed by atoms with Crippen LogP contribution in [0.1, 0.15) is 36.1 Å². The second kappa shape index (κ2) is 6.06. The van der Waals surface area contributed by atoms with E-state index in [0.29, 0.717) is 0 Å².